The van der Waals surface area contributed by atoms with Gasteiger partial charge in [0.2, 0.25) is 0 Å². The first-order chi connectivity index (χ1) is 13.6. The molecule has 0 heterocycles. The van der Waals surface area contributed by atoms with Crippen molar-refractivity contribution in [2.24, 2.45) is 39.4 Å². The minimum Gasteiger partial charge on any atom is -0.393 e. The predicted octanol–water partition coefficient (Wildman–Crippen LogP) is 4.46. The molecule has 0 aromatic carbocycles. The van der Waals surface area contributed by atoms with Crippen LogP contribution in [0.25, 0.3) is 0 Å². The first kappa shape index (κ1) is 20.5. The van der Waals surface area contributed by atoms with Crippen LogP contribution in [0.4, 0.5) is 0 Å². The fraction of sp³-hybridized carbons (Fsp3) is 0.923. The number of fused-ring (bicyclic) bond motifs is 2. The van der Waals surface area contributed by atoms with Gasteiger partial charge in [0.15, 0.2) is 0 Å². The summed E-state index contributed by atoms with van der Waals surface area (Å²) in [6.07, 6.45) is 10.4. The molecular weight excluding hydrogens is 356 g/mol. The van der Waals surface area contributed by atoms with E-state index in [9.17, 15) is 5.11 Å². The standard InChI is InChI=1S/C26H44N2O/c1-16-18-8-9-21-24(4)14-20(29)22(17(2)28(6)7)23(24,3)12-13-26(21)15-25(18,26)11-10-19(16)27-5/h17-22,27,29H,1,8-15H2,2-7H3. The molecule has 2 spiro atoms. The largest absolute Gasteiger partial charge is 0.393 e. The number of likely N-dealkylation sites (N-methyl/N-ethyl adjacent to an activating group) is 1. The van der Waals surface area contributed by atoms with E-state index < -0.39 is 0 Å². The van der Waals surface area contributed by atoms with Gasteiger partial charge >= 0.3 is 0 Å². The number of rotatable bonds is 3. The van der Waals surface area contributed by atoms with Crippen LogP contribution in [0.2, 0.25) is 0 Å². The number of nitrogens with one attached hydrogen (secondary N) is 1. The van der Waals surface area contributed by atoms with Crippen molar-refractivity contribution < 1.29 is 5.11 Å². The molecule has 5 saturated carbocycles. The molecule has 10 unspecified atom stereocenters. The number of aliphatic hydroxyl groups is 1. The summed E-state index contributed by atoms with van der Waals surface area (Å²) in [5.41, 5.74) is 3.12. The summed E-state index contributed by atoms with van der Waals surface area (Å²) in [5, 5.41) is 14.9. The summed E-state index contributed by atoms with van der Waals surface area (Å²) < 4.78 is 0. The highest BCUT2D eigenvalue weighted by Crippen LogP contribution is 2.88. The average Bonchev–Trinajstić information content (AvgIpc) is 3.27. The van der Waals surface area contributed by atoms with Crippen molar-refractivity contribution >= 4 is 0 Å². The summed E-state index contributed by atoms with van der Waals surface area (Å²) in [6.45, 7) is 12.1. The lowest BCUT2D eigenvalue weighted by Crippen LogP contribution is -2.56. The van der Waals surface area contributed by atoms with E-state index in [1.807, 2.05) is 0 Å². The Balaban J connectivity index is 1.50. The monoisotopic (exact) mass is 400 g/mol. The Morgan fingerprint density at radius 3 is 2.45 bits per heavy atom. The van der Waals surface area contributed by atoms with Crippen molar-refractivity contribution in [3.05, 3.63) is 12.2 Å². The minimum absolute atomic E-state index is 0.153. The summed E-state index contributed by atoms with van der Waals surface area (Å²) in [7, 11) is 6.49. The molecule has 29 heavy (non-hydrogen) atoms. The van der Waals surface area contributed by atoms with Gasteiger partial charge in [-0.3, -0.25) is 0 Å². The average molecular weight is 401 g/mol. The molecule has 0 bridgehead atoms. The predicted molar refractivity (Wildman–Crippen MR) is 120 cm³/mol. The van der Waals surface area contributed by atoms with Gasteiger partial charge in [-0.2, -0.15) is 0 Å². The molecule has 3 nitrogen and oxygen atoms in total. The molecule has 5 aliphatic rings. The molecule has 0 saturated heterocycles. The Bertz CT molecular complexity index is 719. The van der Waals surface area contributed by atoms with E-state index in [4.69, 9.17) is 0 Å². The van der Waals surface area contributed by atoms with E-state index in [1.165, 1.54) is 50.5 Å². The third-order valence-corrected chi connectivity index (χ3v) is 12.0. The van der Waals surface area contributed by atoms with Gasteiger partial charge in [0.25, 0.3) is 0 Å². The normalized spacial score (nSPS) is 57.0. The van der Waals surface area contributed by atoms with Crippen LogP contribution >= 0.6 is 0 Å². The zero-order valence-corrected chi connectivity index (χ0v) is 19.7. The Morgan fingerprint density at radius 1 is 1.07 bits per heavy atom. The summed E-state index contributed by atoms with van der Waals surface area (Å²) in [6, 6.07) is 0.962. The maximum atomic E-state index is 11.3. The van der Waals surface area contributed by atoms with Gasteiger partial charge in [-0.1, -0.05) is 26.0 Å². The molecule has 2 N–H and O–H groups in total. The molecule has 5 aliphatic carbocycles. The summed E-state index contributed by atoms with van der Waals surface area (Å²) in [4.78, 5) is 2.34. The van der Waals surface area contributed by atoms with Crippen molar-refractivity contribution in [1.82, 2.24) is 10.2 Å². The van der Waals surface area contributed by atoms with Crippen LogP contribution in [0.5, 0.6) is 0 Å². The third-order valence-electron chi connectivity index (χ3n) is 12.0. The number of aliphatic hydroxyl groups excluding tert-OH is 1. The van der Waals surface area contributed by atoms with Crippen molar-refractivity contribution in [3.8, 4) is 0 Å². The fourth-order valence-corrected chi connectivity index (χ4v) is 10.2. The summed E-state index contributed by atoms with van der Waals surface area (Å²) in [5.74, 6) is 1.92. The molecule has 0 radical (unpaired) electrons. The van der Waals surface area contributed by atoms with E-state index in [2.05, 4.69) is 58.7 Å². The van der Waals surface area contributed by atoms with E-state index in [0.29, 0.717) is 28.8 Å². The molecule has 5 fully saturated rings. The Labute approximate surface area is 178 Å². The lowest BCUT2D eigenvalue weighted by Gasteiger charge is -2.61. The van der Waals surface area contributed by atoms with E-state index in [0.717, 1.165) is 18.3 Å². The molecule has 164 valence electrons. The zero-order chi connectivity index (χ0) is 21.0. The molecule has 0 aromatic heterocycles. The highest BCUT2D eigenvalue weighted by molar-refractivity contribution is 5.35. The number of hydrogen-bond acceptors (Lipinski definition) is 3. The van der Waals surface area contributed by atoms with Crippen molar-refractivity contribution in [2.75, 3.05) is 21.1 Å². The Kier molecular flexibility index (Phi) is 4.32. The van der Waals surface area contributed by atoms with Gasteiger partial charge in [0, 0.05) is 18.0 Å². The topological polar surface area (TPSA) is 35.5 Å². The molecular formula is C26H44N2O. The van der Waals surface area contributed by atoms with Crippen LogP contribution in [0.15, 0.2) is 12.2 Å². The van der Waals surface area contributed by atoms with Crippen LogP contribution in [-0.2, 0) is 0 Å². The van der Waals surface area contributed by atoms with Crippen molar-refractivity contribution in [3.63, 3.8) is 0 Å². The van der Waals surface area contributed by atoms with Gasteiger partial charge in [0.05, 0.1) is 6.10 Å². The van der Waals surface area contributed by atoms with Crippen molar-refractivity contribution in [1.29, 1.82) is 0 Å². The highest BCUT2D eigenvalue weighted by atomic mass is 16.3. The molecule has 0 aliphatic heterocycles. The second-order valence-corrected chi connectivity index (χ2v) is 12.5. The quantitative estimate of drug-likeness (QED) is 0.687. The molecule has 10 atom stereocenters. The van der Waals surface area contributed by atoms with Crippen LogP contribution in [0, 0.1) is 39.4 Å². The second-order valence-electron chi connectivity index (χ2n) is 12.5. The van der Waals surface area contributed by atoms with E-state index in [-0.39, 0.29) is 16.9 Å². The molecule has 3 heteroatoms. The number of nitrogens with zero attached hydrogens (tertiary/aromatic N) is 1. The lowest BCUT2D eigenvalue weighted by atomic mass is 9.43. The van der Waals surface area contributed by atoms with Gasteiger partial charge in [-0.25, -0.2) is 0 Å². The molecule has 0 amide bonds. The Morgan fingerprint density at radius 2 is 1.79 bits per heavy atom. The van der Waals surface area contributed by atoms with Crippen LogP contribution in [0.1, 0.15) is 72.1 Å². The van der Waals surface area contributed by atoms with Gasteiger partial charge in [-0.05, 0) is 113 Å². The second kappa shape index (κ2) is 6.11. The fourth-order valence-electron chi connectivity index (χ4n) is 10.2. The molecule has 5 rings (SSSR count). The van der Waals surface area contributed by atoms with E-state index in [1.54, 1.807) is 0 Å². The van der Waals surface area contributed by atoms with Gasteiger partial charge in [0.1, 0.15) is 0 Å². The number of hydrogen-bond donors (Lipinski definition) is 2. The maximum Gasteiger partial charge on any atom is 0.0594 e. The van der Waals surface area contributed by atoms with Crippen LogP contribution in [0.3, 0.4) is 0 Å². The maximum absolute atomic E-state index is 11.3. The Hall–Kier alpha value is -0.380. The minimum atomic E-state index is -0.153. The van der Waals surface area contributed by atoms with Crippen LogP contribution < -0.4 is 5.32 Å². The van der Waals surface area contributed by atoms with Crippen molar-refractivity contribution in [2.45, 2.75) is 90.3 Å². The highest BCUT2D eigenvalue weighted by Gasteiger charge is 2.81. The summed E-state index contributed by atoms with van der Waals surface area (Å²) >= 11 is 0. The zero-order valence-electron chi connectivity index (χ0n) is 19.7. The SMILES string of the molecule is C=C1C(NC)CCC23CC24CCC2(C)C(C(C)N(C)C)C(O)CC2(C)C4CCC13. The van der Waals surface area contributed by atoms with E-state index >= 15 is 0 Å². The van der Waals surface area contributed by atoms with Gasteiger partial charge in [-0.15, -0.1) is 0 Å². The first-order valence-electron chi connectivity index (χ1n) is 12.3. The third kappa shape index (κ3) is 2.21. The molecule has 0 aromatic rings. The smallest absolute Gasteiger partial charge is 0.0594 e. The first-order valence-corrected chi connectivity index (χ1v) is 12.3. The van der Waals surface area contributed by atoms with Crippen LogP contribution in [-0.4, -0.2) is 49.3 Å². The van der Waals surface area contributed by atoms with Gasteiger partial charge < -0.3 is 15.3 Å². The lowest BCUT2D eigenvalue weighted by molar-refractivity contribution is -0.125.